The number of thiol groups is 2. The van der Waals surface area contributed by atoms with Crippen LogP contribution in [0.15, 0.2) is 83.3 Å². The number of primary amides is 1. The van der Waals surface area contributed by atoms with Crippen LogP contribution in [0.2, 0.25) is 0 Å². The minimum absolute atomic E-state index is 0.0269. The summed E-state index contributed by atoms with van der Waals surface area (Å²) in [6.45, 7) is 3.40. The normalized spacial score (nSPS) is 13.4. The number of aromatic amines is 2. The first-order chi connectivity index (χ1) is 38.2. The zero-order valence-electron chi connectivity index (χ0n) is 44.7. The van der Waals surface area contributed by atoms with Crippen LogP contribution in [-0.2, 0) is 62.4 Å². The zero-order valence-corrected chi connectivity index (χ0v) is 46.5. The molecule has 0 aliphatic carbocycles. The summed E-state index contributed by atoms with van der Waals surface area (Å²) in [7, 11) is 0. The number of imidazole rings is 1. The van der Waals surface area contributed by atoms with Gasteiger partial charge < -0.3 is 97.7 Å². The molecule has 0 radical (unpaired) electrons. The molecule has 0 spiro atoms. The number of para-hydroxylation sites is 1. The number of carbonyl (C=O) groups is 9. The number of aliphatic imine (C=N–C) groups is 2. The number of fused-ring (bicyclic) bond motifs is 1. The highest BCUT2D eigenvalue weighted by Gasteiger charge is 2.29. The van der Waals surface area contributed by atoms with Gasteiger partial charge in [0.25, 0.3) is 0 Å². The third-order valence-electron chi connectivity index (χ3n) is 10.9. The van der Waals surface area contributed by atoms with Gasteiger partial charge in [-0.3, -0.25) is 43.5 Å². The molecule has 446 valence electrons. The number of benzene rings is 2. The van der Waals surface area contributed by atoms with E-state index >= 15 is 0 Å². The van der Waals surface area contributed by atoms with E-state index in [0.29, 0.717) is 44.5 Å². The lowest BCUT2D eigenvalue weighted by Gasteiger charge is -2.22. The zero-order chi connectivity index (χ0) is 61.2. The van der Waals surface area contributed by atoms with Crippen molar-refractivity contribution in [2.75, 3.05) is 24.6 Å². The van der Waals surface area contributed by atoms with Gasteiger partial charge in [-0.05, 0) is 56.2 Å². The highest BCUT2D eigenvalue weighted by atomic mass is 32.1. The van der Waals surface area contributed by atoms with E-state index in [9.17, 15) is 43.2 Å². The predicted molar refractivity (Wildman–Crippen MR) is 309 cm³/mol. The number of nitrogens with two attached hydrogens (primary N) is 8. The number of nitrogens with one attached hydrogen (secondary N) is 7. The van der Waals surface area contributed by atoms with Crippen LogP contribution in [0, 0.1) is 0 Å². The molecule has 0 fully saturated rings. The number of aromatic nitrogens is 3. The highest BCUT2D eigenvalue weighted by Crippen LogP contribution is 2.19. The Labute approximate surface area is 477 Å². The van der Waals surface area contributed by atoms with E-state index in [1.54, 1.807) is 6.20 Å². The second kappa shape index (κ2) is 38.2. The van der Waals surface area contributed by atoms with E-state index in [0.717, 1.165) is 22.0 Å². The Morgan fingerprint density at radius 2 is 1.12 bits per heavy atom. The summed E-state index contributed by atoms with van der Waals surface area (Å²) in [6, 6.07) is 9.62. The van der Waals surface area contributed by atoms with Gasteiger partial charge in [0.1, 0.15) is 36.3 Å². The number of carboxylic acids is 3. The Kier molecular flexibility index (Phi) is 33.3. The average Bonchev–Trinajstić information content (AvgIpc) is 4.17. The lowest BCUT2D eigenvalue weighted by atomic mass is 10.0. The molecule has 2 heterocycles. The molecule has 32 heteroatoms. The van der Waals surface area contributed by atoms with Crippen LogP contribution in [0.1, 0.15) is 56.4 Å². The van der Waals surface area contributed by atoms with Crippen LogP contribution in [0.5, 0.6) is 0 Å². The van der Waals surface area contributed by atoms with Gasteiger partial charge >= 0.3 is 17.9 Å². The molecule has 0 saturated carbocycles. The summed E-state index contributed by atoms with van der Waals surface area (Å²) in [5.41, 5.74) is 46.2. The lowest BCUT2D eigenvalue weighted by molar-refractivity contribution is -0.142. The predicted octanol–water partition coefficient (Wildman–Crippen LogP) is -3.97. The number of aliphatic carboxylic acids is 3. The van der Waals surface area contributed by atoms with Crippen molar-refractivity contribution in [3.63, 3.8) is 0 Å². The molecular formula is C49H76N18O12S2. The number of amides is 6. The molecule has 4 rings (SSSR count). The van der Waals surface area contributed by atoms with Crippen molar-refractivity contribution < 1.29 is 58.5 Å². The number of hydrogen-bond acceptors (Lipinski definition) is 17. The van der Waals surface area contributed by atoms with Gasteiger partial charge in [-0.15, -0.1) is 0 Å². The smallest absolute Gasteiger partial charge is 0.327 e. The largest absolute Gasteiger partial charge is 0.480 e. The van der Waals surface area contributed by atoms with Gasteiger partial charge in [0.05, 0.1) is 18.4 Å². The first-order valence-electron chi connectivity index (χ1n) is 24.8. The Balaban J connectivity index is 0.000000578. The third kappa shape index (κ3) is 29.4. The molecule has 0 aliphatic rings. The van der Waals surface area contributed by atoms with Crippen LogP contribution in [0.3, 0.4) is 0 Å². The molecule has 30 nitrogen and oxygen atoms in total. The average molecular weight is 1170 g/mol. The monoisotopic (exact) mass is 1170 g/mol. The number of guanidine groups is 2. The molecule has 26 N–H and O–H groups in total. The quantitative estimate of drug-likeness (QED) is 0.0107. The number of carbonyl (C=O) groups excluding carboxylic acids is 6. The lowest BCUT2D eigenvalue weighted by Crippen LogP contribution is -2.56. The second-order valence-electron chi connectivity index (χ2n) is 17.7. The van der Waals surface area contributed by atoms with Crippen LogP contribution < -0.4 is 72.5 Å². The van der Waals surface area contributed by atoms with Crippen molar-refractivity contribution in [2.45, 2.75) is 107 Å². The second-order valence-corrected chi connectivity index (χ2v) is 18.4. The first-order valence-corrected chi connectivity index (χ1v) is 26.1. The van der Waals surface area contributed by atoms with E-state index in [-0.39, 0.29) is 42.7 Å². The summed E-state index contributed by atoms with van der Waals surface area (Å²) in [6.07, 6.45) is 6.99. The fourth-order valence-electron chi connectivity index (χ4n) is 6.69. The molecule has 81 heavy (non-hydrogen) atoms. The molecule has 4 aromatic rings. The maximum atomic E-state index is 12.9. The molecule has 2 aromatic heterocycles. The fourth-order valence-corrected chi connectivity index (χ4v) is 7.21. The Bertz CT molecular complexity index is 2690. The van der Waals surface area contributed by atoms with E-state index in [2.05, 4.69) is 76.8 Å². The maximum Gasteiger partial charge on any atom is 0.327 e. The van der Waals surface area contributed by atoms with Crippen LogP contribution >= 0.6 is 25.3 Å². The number of nitrogens with zero attached hydrogens (tertiary/aromatic N) is 3. The van der Waals surface area contributed by atoms with Gasteiger partial charge in [0.2, 0.25) is 35.4 Å². The molecule has 0 saturated heterocycles. The standard InChI is InChI=1S/C20H30N8O3S.C11H21N5O4S.C9H14N4O3.C9H11NO2/c21-13(5-3-7-25-20(23)24)18(30)27-15(19(31)28-16(10-32)17(22)29)8-11-9-26-14-6-2-1-4-12(11)14;1-6(17)15-7(3-2-4-14-11(12)13)9(18)16-8(5-21)10(19)20;1-5(10)8(14)13-7(9(15)16)2-6-3-11-4-12-6;10-8(9(11)12)6-7-4-2-1-3-5-7/h1-2,4,6,9,13,15-16,26,32H,3,5,7-8,10,21H2,(H2,22,29)(H,27,30)(H,28,31)(H4,23,24,25);7-8,21H,2-5H2,1H3,(H,15,17)(H,16,18)(H,19,20)(H4,12,13,14);3-5,7H,2,10H2,1H3,(H,11,12)(H,13,14)(H,15,16);1-5,8H,6,10H2,(H,11,12). The molecule has 8 atom stereocenters. The summed E-state index contributed by atoms with van der Waals surface area (Å²) < 4.78 is 0. The van der Waals surface area contributed by atoms with Gasteiger partial charge in [-0.2, -0.15) is 25.3 Å². The summed E-state index contributed by atoms with van der Waals surface area (Å²) in [5, 5.41) is 39.5. The summed E-state index contributed by atoms with van der Waals surface area (Å²) in [5.74, 6) is -6.64. The van der Waals surface area contributed by atoms with Crippen LogP contribution in [-0.4, -0.2) is 168 Å². The molecule has 2 aromatic carbocycles. The van der Waals surface area contributed by atoms with Crippen molar-refractivity contribution in [1.29, 1.82) is 0 Å². The number of H-pyrrole nitrogens is 2. The summed E-state index contributed by atoms with van der Waals surface area (Å²) in [4.78, 5) is 121. The molecule has 6 amide bonds. The van der Waals surface area contributed by atoms with Crippen molar-refractivity contribution in [2.24, 2.45) is 55.9 Å². The van der Waals surface area contributed by atoms with E-state index in [4.69, 9.17) is 61.2 Å². The Morgan fingerprint density at radius 1 is 0.593 bits per heavy atom. The third-order valence-corrected chi connectivity index (χ3v) is 11.7. The van der Waals surface area contributed by atoms with Crippen molar-refractivity contribution in [1.82, 2.24) is 41.5 Å². The fraction of sp³-hybridized carbons (Fsp3) is 0.429. The molecule has 8 unspecified atom stereocenters. The van der Waals surface area contributed by atoms with Crippen LogP contribution in [0.4, 0.5) is 0 Å². The molecule has 0 aliphatic heterocycles. The minimum atomic E-state index is -1.19. The highest BCUT2D eigenvalue weighted by molar-refractivity contribution is 7.80. The Morgan fingerprint density at radius 3 is 1.63 bits per heavy atom. The molecular weight excluding hydrogens is 1100 g/mol. The number of hydrogen-bond donors (Lipinski definition) is 20. The van der Waals surface area contributed by atoms with E-state index < -0.39 is 102 Å². The van der Waals surface area contributed by atoms with E-state index in [1.165, 1.54) is 26.4 Å². The minimum Gasteiger partial charge on any atom is -0.480 e. The maximum absolute atomic E-state index is 12.9. The van der Waals surface area contributed by atoms with E-state index in [1.807, 2.05) is 54.6 Å². The van der Waals surface area contributed by atoms with Gasteiger partial charge in [0, 0.05) is 73.4 Å². The van der Waals surface area contributed by atoms with Crippen molar-refractivity contribution >= 4 is 101 Å². The Hall–Kier alpha value is -8.46. The number of rotatable bonds is 29. The SMILES string of the molecule is CC(=O)NC(CCCN=C(N)N)C(=O)NC(CS)C(=O)O.CC(N)C(=O)NC(Cc1cnc[nH]1)C(=O)O.NC(=O)C(CS)NC(=O)C(Cc1c[nH]c2ccccc12)NC(=O)C(N)CCCN=C(N)N.NC(Cc1ccccc1)C(=O)O. The van der Waals surface area contributed by atoms with Gasteiger partial charge in [-0.25, -0.2) is 14.6 Å². The van der Waals surface area contributed by atoms with Gasteiger partial charge in [-0.1, -0.05) is 48.5 Å². The van der Waals surface area contributed by atoms with Gasteiger partial charge in [0.15, 0.2) is 11.9 Å². The topological polar surface area (TPSA) is 552 Å². The first kappa shape index (κ1) is 70.6. The molecule has 0 bridgehead atoms. The van der Waals surface area contributed by atoms with Crippen LogP contribution in [0.25, 0.3) is 10.9 Å². The number of carboxylic acid groups (broad SMARTS) is 3. The van der Waals surface area contributed by atoms with Crippen molar-refractivity contribution in [3.8, 4) is 0 Å². The van der Waals surface area contributed by atoms with Crippen molar-refractivity contribution in [3.05, 3.63) is 90.1 Å². The summed E-state index contributed by atoms with van der Waals surface area (Å²) >= 11 is 7.89.